The van der Waals surface area contributed by atoms with Crippen molar-refractivity contribution >= 4 is 10.0 Å². The van der Waals surface area contributed by atoms with Gasteiger partial charge >= 0.3 is 0 Å². The third-order valence-corrected chi connectivity index (χ3v) is 5.26. The zero-order chi connectivity index (χ0) is 13.9. The molecule has 0 bridgehead atoms. The molecule has 1 aliphatic rings. The van der Waals surface area contributed by atoms with Crippen molar-refractivity contribution in [3.63, 3.8) is 0 Å². The summed E-state index contributed by atoms with van der Waals surface area (Å²) >= 11 is 0. The van der Waals surface area contributed by atoms with E-state index >= 15 is 0 Å². The number of sulfonamides is 1. The number of nitrogens with one attached hydrogen (secondary N) is 1. The van der Waals surface area contributed by atoms with Crippen molar-refractivity contribution in [3.05, 3.63) is 29.6 Å². The van der Waals surface area contributed by atoms with Crippen molar-refractivity contribution in [1.29, 1.82) is 0 Å². The van der Waals surface area contributed by atoms with Gasteiger partial charge in [-0.2, -0.15) is 4.31 Å². The SMILES string of the molecule is CCNCc1ccc(F)cc1S(=O)(=O)N1CCCC1. The normalized spacial score (nSPS) is 16.9. The smallest absolute Gasteiger partial charge is 0.243 e. The minimum Gasteiger partial charge on any atom is -0.313 e. The highest BCUT2D eigenvalue weighted by Crippen LogP contribution is 2.24. The van der Waals surface area contributed by atoms with E-state index < -0.39 is 15.8 Å². The monoisotopic (exact) mass is 286 g/mol. The predicted octanol–water partition coefficient (Wildman–Crippen LogP) is 1.72. The van der Waals surface area contributed by atoms with E-state index in [1.807, 2.05) is 6.92 Å². The molecule has 0 amide bonds. The standard InChI is InChI=1S/C13H19FN2O2S/c1-2-15-10-11-5-6-12(14)9-13(11)19(17,18)16-7-3-4-8-16/h5-6,9,15H,2-4,7-8,10H2,1H3. The fourth-order valence-electron chi connectivity index (χ4n) is 2.24. The van der Waals surface area contributed by atoms with E-state index in [1.54, 1.807) is 6.07 Å². The zero-order valence-electron chi connectivity index (χ0n) is 11.0. The van der Waals surface area contributed by atoms with Gasteiger partial charge in [-0.25, -0.2) is 12.8 Å². The Balaban J connectivity index is 2.38. The number of benzene rings is 1. The van der Waals surface area contributed by atoms with E-state index in [0.29, 0.717) is 25.2 Å². The number of nitrogens with zero attached hydrogens (tertiary/aromatic N) is 1. The highest BCUT2D eigenvalue weighted by Gasteiger charge is 2.29. The van der Waals surface area contributed by atoms with Crippen LogP contribution in [0.3, 0.4) is 0 Å². The lowest BCUT2D eigenvalue weighted by Crippen LogP contribution is -2.29. The zero-order valence-corrected chi connectivity index (χ0v) is 11.8. The Kier molecular flexibility index (Phi) is 4.54. The molecule has 1 fully saturated rings. The van der Waals surface area contributed by atoms with Gasteiger partial charge in [-0.05, 0) is 37.1 Å². The molecule has 1 saturated heterocycles. The van der Waals surface area contributed by atoms with Crippen molar-refractivity contribution < 1.29 is 12.8 Å². The Bertz CT molecular complexity index is 540. The molecular formula is C13H19FN2O2S. The van der Waals surface area contributed by atoms with Gasteiger partial charge in [-0.3, -0.25) is 0 Å². The molecule has 0 aliphatic carbocycles. The molecule has 106 valence electrons. The third-order valence-electron chi connectivity index (χ3n) is 3.28. The second kappa shape index (κ2) is 5.98. The van der Waals surface area contributed by atoms with Gasteiger partial charge in [0.1, 0.15) is 5.82 Å². The summed E-state index contributed by atoms with van der Waals surface area (Å²) in [6.45, 7) is 4.16. The Hall–Kier alpha value is -0.980. The Labute approximate surface area is 113 Å². The Morgan fingerprint density at radius 1 is 1.32 bits per heavy atom. The maximum Gasteiger partial charge on any atom is 0.243 e. The Morgan fingerprint density at radius 3 is 2.63 bits per heavy atom. The van der Waals surface area contributed by atoms with E-state index in [-0.39, 0.29) is 4.90 Å². The minimum absolute atomic E-state index is 0.0929. The Morgan fingerprint density at radius 2 is 2.00 bits per heavy atom. The van der Waals surface area contributed by atoms with E-state index in [2.05, 4.69) is 5.32 Å². The first-order chi connectivity index (χ1) is 9.05. The van der Waals surface area contributed by atoms with Crippen LogP contribution in [0.5, 0.6) is 0 Å². The van der Waals surface area contributed by atoms with Crippen molar-refractivity contribution in [2.24, 2.45) is 0 Å². The van der Waals surface area contributed by atoms with Gasteiger partial charge in [0, 0.05) is 19.6 Å². The van der Waals surface area contributed by atoms with Crippen molar-refractivity contribution in [2.75, 3.05) is 19.6 Å². The molecule has 1 heterocycles. The average molecular weight is 286 g/mol. The molecule has 2 rings (SSSR count). The topological polar surface area (TPSA) is 49.4 Å². The molecule has 1 aromatic rings. The second-order valence-corrected chi connectivity index (χ2v) is 6.55. The molecule has 1 aromatic carbocycles. The lowest BCUT2D eigenvalue weighted by atomic mass is 10.2. The van der Waals surface area contributed by atoms with Crippen molar-refractivity contribution in [3.8, 4) is 0 Å². The van der Waals surface area contributed by atoms with Crippen LogP contribution < -0.4 is 5.32 Å². The molecule has 1 aliphatic heterocycles. The molecule has 0 atom stereocenters. The summed E-state index contributed by atoms with van der Waals surface area (Å²) in [5.74, 6) is -0.516. The lowest BCUT2D eigenvalue weighted by molar-refractivity contribution is 0.475. The summed E-state index contributed by atoms with van der Waals surface area (Å²) in [4.78, 5) is 0.0929. The van der Waals surface area contributed by atoms with Crippen LogP contribution in [0, 0.1) is 5.82 Å². The molecule has 4 nitrogen and oxygen atoms in total. The van der Waals surface area contributed by atoms with E-state index in [0.717, 1.165) is 25.5 Å². The summed E-state index contributed by atoms with van der Waals surface area (Å²) in [7, 11) is -3.57. The highest BCUT2D eigenvalue weighted by atomic mass is 32.2. The second-order valence-electron chi connectivity index (χ2n) is 4.64. The average Bonchev–Trinajstić information content (AvgIpc) is 2.91. The highest BCUT2D eigenvalue weighted by molar-refractivity contribution is 7.89. The predicted molar refractivity (Wildman–Crippen MR) is 71.8 cm³/mol. The van der Waals surface area contributed by atoms with Crippen LogP contribution in [0.15, 0.2) is 23.1 Å². The fourth-order valence-corrected chi connectivity index (χ4v) is 3.99. The van der Waals surface area contributed by atoms with Gasteiger partial charge in [0.05, 0.1) is 4.90 Å². The van der Waals surface area contributed by atoms with Crippen LogP contribution in [0.1, 0.15) is 25.3 Å². The fraction of sp³-hybridized carbons (Fsp3) is 0.538. The first kappa shape index (κ1) is 14.4. The molecule has 0 unspecified atom stereocenters. The summed E-state index contributed by atoms with van der Waals surface area (Å²) in [6.07, 6.45) is 1.74. The van der Waals surface area contributed by atoms with Crippen LogP contribution in [-0.4, -0.2) is 32.4 Å². The largest absolute Gasteiger partial charge is 0.313 e. The molecule has 0 spiro atoms. The molecular weight excluding hydrogens is 267 g/mol. The number of halogens is 1. The van der Waals surface area contributed by atoms with Gasteiger partial charge in [0.2, 0.25) is 10.0 Å². The summed E-state index contributed by atoms with van der Waals surface area (Å²) in [5, 5.41) is 3.08. The first-order valence-electron chi connectivity index (χ1n) is 6.55. The first-order valence-corrected chi connectivity index (χ1v) is 7.99. The minimum atomic E-state index is -3.57. The summed E-state index contributed by atoms with van der Waals surface area (Å²) < 4.78 is 39.8. The number of rotatable bonds is 5. The summed E-state index contributed by atoms with van der Waals surface area (Å²) in [5.41, 5.74) is 0.621. The van der Waals surface area contributed by atoms with Crippen molar-refractivity contribution in [1.82, 2.24) is 9.62 Å². The van der Waals surface area contributed by atoms with E-state index in [1.165, 1.54) is 10.4 Å². The van der Waals surface area contributed by atoms with Gasteiger partial charge in [0.25, 0.3) is 0 Å². The van der Waals surface area contributed by atoms with Crippen LogP contribution in [0.25, 0.3) is 0 Å². The molecule has 6 heteroatoms. The number of hydrogen-bond donors (Lipinski definition) is 1. The molecule has 0 radical (unpaired) electrons. The van der Waals surface area contributed by atoms with Crippen LogP contribution >= 0.6 is 0 Å². The molecule has 1 N–H and O–H groups in total. The maximum absolute atomic E-state index is 13.4. The van der Waals surface area contributed by atoms with Gasteiger partial charge in [-0.1, -0.05) is 13.0 Å². The molecule has 19 heavy (non-hydrogen) atoms. The van der Waals surface area contributed by atoms with Gasteiger partial charge < -0.3 is 5.32 Å². The maximum atomic E-state index is 13.4. The van der Waals surface area contributed by atoms with Crippen LogP contribution in [0.2, 0.25) is 0 Å². The summed E-state index contributed by atoms with van der Waals surface area (Å²) in [6, 6.07) is 3.97. The van der Waals surface area contributed by atoms with Crippen LogP contribution in [0.4, 0.5) is 4.39 Å². The molecule has 0 saturated carbocycles. The third kappa shape index (κ3) is 3.13. The lowest BCUT2D eigenvalue weighted by Gasteiger charge is -2.18. The van der Waals surface area contributed by atoms with E-state index in [4.69, 9.17) is 0 Å². The van der Waals surface area contributed by atoms with Gasteiger partial charge in [-0.15, -0.1) is 0 Å². The molecule has 0 aromatic heterocycles. The van der Waals surface area contributed by atoms with E-state index in [9.17, 15) is 12.8 Å². The van der Waals surface area contributed by atoms with Gasteiger partial charge in [0.15, 0.2) is 0 Å². The van der Waals surface area contributed by atoms with Crippen LogP contribution in [-0.2, 0) is 16.6 Å². The van der Waals surface area contributed by atoms with Crippen molar-refractivity contribution in [2.45, 2.75) is 31.2 Å². The number of hydrogen-bond acceptors (Lipinski definition) is 3. The quantitative estimate of drug-likeness (QED) is 0.896.